The van der Waals surface area contributed by atoms with E-state index in [0.29, 0.717) is 13.1 Å². The fourth-order valence-corrected chi connectivity index (χ4v) is 4.93. The molecule has 0 bridgehead atoms. The molecule has 0 aromatic heterocycles. The molecule has 10 nitrogen and oxygen atoms in total. The molecule has 1 amide bonds. The second-order valence-electron chi connectivity index (χ2n) is 6.92. The number of non-ortho nitro benzene ring substituents is 1. The summed E-state index contributed by atoms with van der Waals surface area (Å²) in [5.41, 5.74) is 0.115. The topological polar surface area (TPSA) is 128 Å². The molecule has 0 radical (unpaired) electrons. The maximum Gasteiger partial charge on any atom is 0.273 e. The predicted molar refractivity (Wildman–Crippen MR) is 113 cm³/mol. The van der Waals surface area contributed by atoms with Crippen molar-refractivity contribution in [2.45, 2.75) is 24.2 Å². The quantitative estimate of drug-likeness (QED) is 0.485. The lowest BCUT2D eigenvalue weighted by Gasteiger charge is -2.26. The first-order valence-corrected chi connectivity index (χ1v) is 11.1. The number of carbonyl (C=O) groups is 1. The number of carbonyl (C=O) groups excluding carboxylic acids is 1. The number of nitro groups is 1. The number of benzene rings is 2. The molecule has 1 heterocycles. The smallest absolute Gasteiger partial charge is 0.273 e. The molecule has 1 saturated heterocycles. The van der Waals surface area contributed by atoms with Crippen LogP contribution in [0.25, 0.3) is 0 Å². The van der Waals surface area contributed by atoms with Crippen LogP contribution < -0.4 is 14.8 Å². The number of nitrogens with one attached hydrogen (secondary N) is 1. The number of nitrogens with zero attached hydrogens (tertiary/aromatic N) is 2. The minimum atomic E-state index is -3.77. The van der Waals surface area contributed by atoms with Crippen LogP contribution in [0.1, 0.15) is 19.3 Å². The van der Waals surface area contributed by atoms with Crippen molar-refractivity contribution in [3.05, 3.63) is 52.6 Å². The molecule has 166 valence electrons. The van der Waals surface area contributed by atoms with Gasteiger partial charge in [0.25, 0.3) is 11.6 Å². The number of anilines is 1. The Morgan fingerprint density at radius 2 is 1.90 bits per heavy atom. The first-order valence-electron chi connectivity index (χ1n) is 9.66. The van der Waals surface area contributed by atoms with E-state index in [1.54, 1.807) is 0 Å². The number of nitro benzene ring substituents is 1. The Bertz CT molecular complexity index is 1070. The summed E-state index contributed by atoms with van der Waals surface area (Å²) in [5, 5.41) is 13.4. The Balaban J connectivity index is 1.71. The molecule has 11 heteroatoms. The molecular formula is C20H23N3O7S. The number of rotatable bonds is 8. The van der Waals surface area contributed by atoms with Gasteiger partial charge >= 0.3 is 0 Å². The van der Waals surface area contributed by atoms with Crippen LogP contribution in [0.5, 0.6) is 11.5 Å². The monoisotopic (exact) mass is 449 g/mol. The van der Waals surface area contributed by atoms with Gasteiger partial charge in [-0.1, -0.05) is 12.5 Å². The molecule has 0 saturated carbocycles. The molecule has 3 rings (SSSR count). The lowest BCUT2D eigenvalue weighted by atomic mass is 10.2. The highest BCUT2D eigenvalue weighted by Crippen LogP contribution is 2.31. The molecule has 0 unspecified atom stereocenters. The Hall–Kier alpha value is -3.18. The van der Waals surface area contributed by atoms with Crippen molar-refractivity contribution in [3.8, 4) is 11.5 Å². The molecule has 0 aliphatic carbocycles. The number of hydrogen-bond acceptors (Lipinski definition) is 7. The number of ether oxygens (including phenoxy) is 2. The van der Waals surface area contributed by atoms with E-state index in [1.165, 1.54) is 53.9 Å². The van der Waals surface area contributed by atoms with Crippen molar-refractivity contribution in [3.63, 3.8) is 0 Å². The number of methoxy groups -OCH3 is 1. The van der Waals surface area contributed by atoms with Gasteiger partial charge in [0.05, 0.1) is 18.1 Å². The van der Waals surface area contributed by atoms with Crippen molar-refractivity contribution < 1.29 is 27.6 Å². The van der Waals surface area contributed by atoms with Crippen LogP contribution in [0.4, 0.5) is 11.4 Å². The average Bonchev–Trinajstić information content (AvgIpc) is 2.78. The average molecular weight is 449 g/mol. The summed E-state index contributed by atoms with van der Waals surface area (Å²) in [5.74, 6) is -0.179. The van der Waals surface area contributed by atoms with Gasteiger partial charge in [-0.25, -0.2) is 8.42 Å². The van der Waals surface area contributed by atoms with E-state index in [-0.39, 0.29) is 27.8 Å². The van der Waals surface area contributed by atoms with Crippen LogP contribution in [0.2, 0.25) is 0 Å². The second kappa shape index (κ2) is 9.75. The van der Waals surface area contributed by atoms with Gasteiger partial charge in [0, 0.05) is 24.8 Å². The van der Waals surface area contributed by atoms with Gasteiger partial charge in [-0.15, -0.1) is 0 Å². The van der Waals surface area contributed by atoms with Gasteiger partial charge < -0.3 is 14.8 Å². The number of piperidine rings is 1. The molecule has 1 N–H and O–H groups in total. The summed E-state index contributed by atoms with van der Waals surface area (Å²) < 4.78 is 38.1. The molecule has 0 atom stereocenters. The molecule has 1 aliphatic heterocycles. The minimum Gasteiger partial charge on any atom is -0.495 e. The maximum atomic E-state index is 13.1. The van der Waals surface area contributed by atoms with E-state index in [0.717, 1.165) is 19.3 Å². The summed E-state index contributed by atoms with van der Waals surface area (Å²) in [7, 11) is -2.38. The first kappa shape index (κ1) is 22.5. The summed E-state index contributed by atoms with van der Waals surface area (Å²) in [6.45, 7) is 0.486. The van der Waals surface area contributed by atoms with Gasteiger partial charge in [0.15, 0.2) is 6.61 Å². The molecule has 1 fully saturated rings. The standard InChI is InChI=1S/C20H23N3O7S/c1-29-18-9-8-15(12-19(18)31(27,28)22-10-3-2-4-11-22)21-20(24)14-30-17-7-5-6-16(13-17)23(25)26/h5-9,12-13H,2-4,10-11,14H2,1H3,(H,21,24). The van der Waals surface area contributed by atoms with Gasteiger partial charge in [-0.05, 0) is 37.1 Å². The van der Waals surface area contributed by atoms with E-state index >= 15 is 0 Å². The summed E-state index contributed by atoms with van der Waals surface area (Å²) in [4.78, 5) is 22.5. The zero-order valence-electron chi connectivity index (χ0n) is 16.9. The number of sulfonamides is 1. The highest BCUT2D eigenvalue weighted by atomic mass is 32.2. The number of amides is 1. The number of hydrogen-bond donors (Lipinski definition) is 1. The lowest BCUT2D eigenvalue weighted by molar-refractivity contribution is -0.384. The summed E-state index contributed by atoms with van der Waals surface area (Å²) in [6, 6.07) is 9.84. The summed E-state index contributed by atoms with van der Waals surface area (Å²) in [6.07, 6.45) is 2.59. The second-order valence-corrected chi connectivity index (χ2v) is 8.83. The minimum absolute atomic E-state index is 0.0192. The van der Waals surface area contributed by atoms with Crippen molar-refractivity contribution in [1.82, 2.24) is 4.31 Å². The Morgan fingerprint density at radius 3 is 2.58 bits per heavy atom. The highest BCUT2D eigenvalue weighted by molar-refractivity contribution is 7.89. The molecule has 2 aromatic rings. The first-order chi connectivity index (χ1) is 14.8. The van der Waals surface area contributed by atoms with E-state index in [1.807, 2.05) is 0 Å². The summed E-state index contributed by atoms with van der Waals surface area (Å²) >= 11 is 0. The third-order valence-electron chi connectivity index (χ3n) is 4.78. The SMILES string of the molecule is COc1ccc(NC(=O)COc2cccc([N+](=O)[O-])c2)cc1S(=O)(=O)N1CCCCC1. The van der Waals surface area contributed by atoms with Crippen molar-refractivity contribution >= 4 is 27.3 Å². The van der Waals surface area contributed by atoms with Crippen LogP contribution in [0.15, 0.2) is 47.4 Å². The molecular weight excluding hydrogens is 426 g/mol. The lowest BCUT2D eigenvalue weighted by Crippen LogP contribution is -2.35. The van der Waals surface area contributed by atoms with Crippen molar-refractivity contribution in [1.29, 1.82) is 0 Å². The highest BCUT2D eigenvalue weighted by Gasteiger charge is 2.29. The normalized spacial score (nSPS) is 14.6. The Labute approximate surface area is 180 Å². The van der Waals surface area contributed by atoms with Crippen molar-refractivity contribution in [2.24, 2.45) is 0 Å². The van der Waals surface area contributed by atoms with E-state index in [4.69, 9.17) is 9.47 Å². The zero-order valence-corrected chi connectivity index (χ0v) is 17.8. The molecule has 2 aromatic carbocycles. The van der Waals surface area contributed by atoms with Gasteiger partial charge in [0.1, 0.15) is 16.4 Å². The van der Waals surface area contributed by atoms with E-state index in [9.17, 15) is 23.3 Å². The fraction of sp³-hybridized carbons (Fsp3) is 0.350. The molecule has 1 aliphatic rings. The van der Waals surface area contributed by atoms with Crippen molar-refractivity contribution in [2.75, 3.05) is 32.1 Å². The van der Waals surface area contributed by atoms with Crippen LogP contribution in [-0.4, -0.2) is 50.4 Å². The third kappa shape index (κ3) is 5.50. The van der Waals surface area contributed by atoms with E-state index < -0.39 is 27.5 Å². The molecule has 31 heavy (non-hydrogen) atoms. The third-order valence-corrected chi connectivity index (χ3v) is 6.70. The maximum absolute atomic E-state index is 13.1. The Kier molecular flexibility index (Phi) is 7.08. The predicted octanol–water partition coefficient (Wildman–Crippen LogP) is 2.80. The fourth-order valence-electron chi connectivity index (χ4n) is 3.23. The van der Waals surface area contributed by atoms with Gasteiger partial charge in [0.2, 0.25) is 10.0 Å². The largest absolute Gasteiger partial charge is 0.495 e. The van der Waals surface area contributed by atoms with Gasteiger partial charge in [-0.3, -0.25) is 14.9 Å². The molecule has 0 spiro atoms. The van der Waals surface area contributed by atoms with Crippen LogP contribution in [0.3, 0.4) is 0 Å². The van der Waals surface area contributed by atoms with E-state index in [2.05, 4.69) is 5.32 Å². The van der Waals surface area contributed by atoms with Crippen LogP contribution in [0, 0.1) is 10.1 Å². The Morgan fingerprint density at radius 1 is 1.16 bits per heavy atom. The van der Waals surface area contributed by atoms with Crippen LogP contribution in [-0.2, 0) is 14.8 Å². The van der Waals surface area contributed by atoms with Crippen LogP contribution >= 0.6 is 0 Å². The zero-order chi connectivity index (χ0) is 22.4. The van der Waals surface area contributed by atoms with Gasteiger partial charge in [-0.2, -0.15) is 4.31 Å².